The number of imide groups is 1. The second kappa shape index (κ2) is 5.21. The van der Waals surface area contributed by atoms with Gasteiger partial charge in [0.2, 0.25) is 0 Å². The molecule has 1 saturated heterocycles. The average Bonchev–Trinajstić information content (AvgIpc) is 3.18. The number of ketones is 1. The second-order valence-corrected chi connectivity index (χ2v) is 9.04. The molecule has 1 aromatic rings. The molecule has 4 saturated carbocycles. The van der Waals surface area contributed by atoms with E-state index in [1.807, 2.05) is 0 Å². The summed E-state index contributed by atoms with van der Waals surface area (Å²) in [6, 6.07) is 2.85. The first kappa shape index (κ1) is 16.1. The quantitative estimate of drug-likeness (QED) is 0.842. The van der Waals surface area contributed by atoms with Crippen LogP contribution >= 0.6 is 0 Å². The van der Waals surface area contributed by atoms with E-state index in [-0.39, 0.29) is 17.7 Å². The Labute approximate surface area is 152 Å². The molecule has 1 N–H and O–H groups in total. The van der Waals surface area contributed by atoms with Crippen molar-refractivity contribution in [3.8, 4) is 0 Å². The van der Waals surface area contributed by atoms with Gasteiger partial charge in [-0.05, 0) is 75.3 Å². The van der Waals surface area contributed by atoms with Crippen LogP contribution in [0.15, 0.2) is 22.8 Å². The molecule has 138 valence electrons. The van der Waals surface area contributed by atoms with E-state index < -0.39 is 17.5 Å². The summed E-state index contributed by atoms with van der Waals surface area (Å²) in [5, 5.41) is 2.70. The highest BCUT2D eigenvalue weighted by atomic mass is 16.3. The topological polar surface area (TPSA) is 79.6 Å². The van der Waals surface area contributed by atoms with Crippen molar-refractivity contribution in [1.29, 1.82) is 0 Å². The fraction of sp³-hybridized carbons (Fsp3) is 0.650. The van der Waals surface area contributed by atoms with Crippen LogP contribution < -0.4 is 5.32 Å². The van der Waals surface area contributed by atoms with Crippen molar-refractivity contribution in [3.63, 3.8) is 0 Å². The van der Waals surface area contributed by atoms with Gasteiger partial charge < -0.3 is 9.73 Å². The number of rotatable bonds is 4. The molecular weight excluding hydrogens is 332 g/mol. The van der Waals surface area contributed by atoms with E-state index in [1.165, 1.54) is 25.5 Å². The molecule has 4 bridgehead atoms. The van der Waals surface area contributed by atoms with Crippen LogP contribution in [-0.4, -0.2) is 29.2 Å². The van der Waals surface area contributed by atoms with Crippen LogP contribution in [0.4, 0.5) is 4.79 Å². The lowest BCUT2D eigenvalue weighted by molar-refractivity contribution is -0.147. The lowest BCUT2D eigenvalue weighted by Gasteiger charge is -2.56. The normalized spacial score (nSPS) is 41.0. The summed E-state index contributed by atoms with van der Waals surface area (Å²) in [4.78, 5) is 39.7. The Kier molecular flexibility index (Phi) is 3.22. The number of furan rings is 1. The molecule has 5 aliphatic rings. The van der Waals surface area contributed by atoms with Gasteiger partial charge in [-0.3, -0.25) is 14.5 Å². The molecule has 0 radical (unpaired) electrons. The average molecular weight is 356 g/mol. The first-order valence-electron chi connectivity index (χ1n) is 9.61. The smallest absolute Gasteiger partial charge is 0.325 e. The Morgan fingerprint density at radius 2 is 1.81 bits per heavy atom. The first-order valence-corrected chi connectivity index (χ1v) is 9.61. The van der Waals surface area contributed by atoms with E-state index in [2.05, 4.69) is 5.32 Å². The van der Waals surface area contributed by atoms with Gasteiger partial charge >= 0.3 is 6.03 Å². The monoisotopic (exact) mass is 356 g/mol. The number of amides is 3. The molecule has 0 spiro atoms. The van der Waals surface area contributed by atoms with E-state index in [0.717, 1.165) is 24.2 Å². The van der Waals surface area contributed by atoms with Gasteiger partial charge in [0.1, 0.15) is 5.76 Å². The zero-order valence-electron chi connectivity index (χ0n) is 15.0. The van der Waals surface area contributed by atoms with E-state index in [4.69, 9.17) is 4.42 Å². The molecule has 6 nitrogen and oxygen atoms in total. The van der Waals surface area contributed by atoms with Crippen molar-refractivity contribution >= 4 is 17.7 Å². The Hall–Kier alpha value is -2.11. The van der Waals surface area contributed by atoms with E-state index in [1.54, 1.807) is 19.1 Å². The largest absolute Gasteiger partial charge is 0.466 e. The molecule has 1 atom stereocenters. The van der Waals surface area contributed by atoms with E-state index >= 15 is 0 Å². The maximum Gasteiger partial charge on any atom is 0.325 e. The Balaban J connectivity index is 1.37. The van der Waals surface area contributed by atoms with Gasteiger partial charge in [0.25, 0.3) is 5.91 Å². The van der Waals surface area contributed by atoms with Crippen LogP contribution in [0.5, 0.6) is 0 Å². The third kappa shape index (κ3) is 2.14. The van der Waals surface area contributed by atoms with Crippen LogP contribution in [0.25, 0.3) is 0 Å². The van der Waals surface area contributed by atoms with Crippen molar-refractivity contribution in [1.82, 2.24) is 10.2 Å². The predicted molar refractivity (Wildman–Crippen MR) is 91.9 cm³/mol. The third-order valence-electron chi connectivity index (χ3n) is 7.22. The van der Waals surface area contributed by atoms with E-state index in [9.17, 15) is 14.4 Å². The van der Waals surface area contributed by atoms with Gasteiger partial charge in [-0.1, -0.05) is 0 Å². The van der Waals surface area contributed by atoms with Gasteiger partial charge in [0.05, 0.1) is 12.8 Å². The van der Waals surface area contributed by atoms with Crippen LogP contribution in [-0.2, 0) is 15.1 Å². The highest BCUT2D eigenvalue weighted by molar-refractivity contribution is 6.09. The van der Waals surface area contributed by atoms with Crippen molar-refractivity contribution < 1.29 is 18.8 Å². The molecule has 2 heterocycles. The van der Waals surface area contributed by atoms with Gasteiger partial charge in [-0.25, -0.2) is 4.79 Å². The molecule has 5 fully saturated rings. The molecule has 6 heteroatoms. The summed E-state index contributed by atoms with van der Waals surface area (Å²) < 4.78 is 5.35. The number of carbonyl (C=O) groups is 3. The summed E-state index contributed by atoms with van der Waals surface area (Å²) in [5.74, 6) is 2.02. The molecule has 4 aliphatic carbocycles. The van der Waals surface area contributed by atoms with E-state index in [0.29, 0.717) is 23.5 Å². The molecule has 6 rings (SSSR count). The number of hydrogen-bond acceptors (Lipinski definition) is 4. The molecule has 1 aromatic heterocycles. The number of Topliss-reactive ketones (excluding diaryl/α,β-unsaturated/α-hetero) is 1. The molecule has 0 aromatic carbocycles. The molecule has 26 heavy (non-hydrogen) atoms. The lowest BCUT2D eigenvalue weighted by Crippen LogP contribution is -2.53. The molecular formula is C20H24N2O4. The van der Waals surface area contributed by atoms with Crippen molar-refractivity contribution in [2.45, 2.75) is 51.0 Å². The first-order chi connectivity index (χ1) is 12.4. The maximum absolute atomic E-state index is 13.2. The van der Waals surface area contributed by atoms with Gasteiger partial charge in [-0.15, -0.1) is 0 Å². The maximum atomic E-state index is 13.2. The van der Waals surface area contributed by atoms with Crippen LogP contribution in [0.1, 0.15) is 51.2 Å². The van der Waals surface area contributed by atoms with Crippen molar-refractivity contribution in [2.24, 2.45) is 23.2 Å². The molecule has 1 unspecified atom stereocenters. The summed E-state index contributed by atoms with van der Waals surface area (Å²) in [6.45, 7) is 1.51. The molecule has 1 aliphatic heterocycles. The summed E-state index contributed by atoms with van der Waals surface area (Å²) in [6.07, 6.45) is 8.07. The zero-order chi connectivity index (χ0) is 18.1. The number of hydrogen-bond donors (Lipinski definition) is 1. The fourth-order valence-corrected chi connectivity index (χ4v) is 6.33. The van der Waals surface area contributed by atoms with Crippen molar-refractivity contribution in [3.05, 3.63) is 24.2 Å². The minimum atomic E-state index is -1.23. The predicted octanol–water partition coefficient (Wildman–Crippen LogP) is 2.83. The summed E-state index contributed by atoms with van der Waals surface area (Å²) >= 11 is 0. The van der Waals surface area contributed by atoms with Crippen LogP contribution in [0.3, 0.4) is 0 Å². The van der Waals surface area contributed by atoms with Crippen LogP contribution in [0, 0.1) is 23.2 Å². The van der Waals surface area contributed by atoms with Gasteiger partial charge in [0, 0.05) is 5.41 Å². The Bertz CT molecular complexity index is 748. The number of urea groups is 1. The highest BCUT2D eigenvalue weighted by Gasteiger charge is 2.57. The number of carbonyl (C=O) groups excluding carboxylic acids is 3. The molecule has 3 amide bonds. The summed E-state index contributed by atoms with van der Waals surface area (Å²) in [7, 11) is 0. The van der Waals surface area contributed by atoms with Gasteiger partial charge in [-0.2, -0.15) is 0 Å². The second-order valence-electron chi connectivity index (χ2n) is 9.04. The zero-order valence-corrected chi connectivity index (χ0v) is 15.0. The Morgan fingerprint density at radius 3 is 2.35 bits per heavy atom. The summed E-state index contributed by atoms with van der Waals surface area (Å²) in [5.41, 5.74) is -1.54. The minimum absolute atomic E-state index is 0.0730. The number of nitrogens with one attached hydrogen (secondary N) is 1. The van der Waals surface area contributed by atoms with Gasteiger partial charge in [0.15, 0.2) is 11.3 Å². The lowest BCUT2D eigenvalue weighted by atomic mass is 9.48. The van der Waals surface area contributed by atoms with Crippen LogP contribution in [0.2, 0.25) is 0 Å². The van der Waals surface area contributed by atoms with Crippen molar-refractivity contribution in [2.75, 3.05) is 6.54 Å². The Morgan fingerprint density at radius 1 is 1.19 bits per heavy atom. The third-order valence-corrected chi connectivity index (χ3v) is 7.22. The SMILES string of the molecule is CC1(c2ccco2)NC(=O)N(CC(=O)C23CC4CC(CC(C4)C2)C3)C1=O. The highest BCUT2D eigenvalue weighted by Crippen LogP contribution is 2.60. The fourth-order valence-electron chi connectivity index (χ4n) is 6.33. The standard InChI is InChI=1S/C20H24N2O4/c1-19(16-3-2-4-26-16)17(24)22(18(25)21-19)11-15(23)20-8-12-5-13(9-20)7-14(6-12)10-20/h2-4,12-14H,5-11H2,1H3,(H,21,25). The minimum Gasteiger partial charge on any atom is -0.466 e. The number of nitrogens with zero attached hydrogens (tertiary/aromatic N) is 1.